The van der Waals surface area contributed by atoms with E-state index in [2.05, 4.69) is 52.8 Å². The predicted molar refractivity (Wildman–Crippen MR) is 85.6 cm³/mol. The number of hydrogen-bond acceptors (Lipinski definition) is 0. The van der Waals surface area contributed by atoms with Gasteiger partial charge in [0.25, 0.3) is 0 Å². The van der Waals surface area contributed by atoms with Crippen molar-refractivity contribution in [3.8, 4) is 0 Å². The standard InChI is InChI=1S/C10H28NP2Si2.Li/c1-12(2)9-14(5,6)11-15(7,8)10-13(3)4;/h9-10H2,1-8H3;/q-1;+1. The van der Waals surface area contributed by atoms with E-state index in [-0.39, 0.29) is 34.7 Å². The molecule has 0 aromatic rings. The molecule has 0 aliphatic carbocycles. The third-order valence-electron chi connectivity index (χ3n) is 2.01. The van der Waals surface area contributed by atoms with Crippen molar-refractivity contribution in [2.24, 2.45) is 0 Å². The Morgan fingerprint density at radius 2 is 1.00 bits per heavy atom. The molecule has 0 aromatic carbocycles. The van der Waals surface area contributed by atoms with Crippen LogP contribution < -0.4 is 18.9 Å². The molecule has 16 heavy (non-hydrogen) atoms. The molecule has 0 rings (SSSR count). The summed E-state index contributed by atoms with van der Waals surface area (Å²) in [6, 6.07) is 0. The average Bonchev–Trinajstić information content (AvgIpc) is 1.73. The third-order valence-corrected chi connectivity index (χ3v) is 18.1. The van der Waals surface area contributed by atoms with Crippen LogP contribution >= 0.6 is 15.8 Å². The van der Waals surface area contributed by atoms with Gasteiger partial charge in [-0.2, -0.15) is 0 Å². The van der Waals surface area contributed by atoms with Gasteiger partial charge in [-0.1, -0.05) is 54.2 Å². The quantitative estimate of drug-likeness (QED) is 0.517. The Balaban J connectivity index is 0. The second-order valence-corrected chi connectivity index (χ2v) is 21.2. The monoisotopic (exact) mass is 287 g/mol. The molecule has 0 heterocycles. The summed E-state index contributed by atoms with van der Waals surface area (Å²) in [7, 11) is -2.02. The summed E-state index contributed by atoms with van der Waals surface area (Å²) in [5, 5.41) is 0. The third kappa shape index (κ3) is 11.0. The van der Waals surface area contributed by atoms with Crippen LogP contribution in [0.5, 0.6) is 0 Å². The summed E-state index contributed by atoms with van der Waals surface area (Å²) in [6.07, 6.45) is 0. The molecule has 0 aromatic heterocycles. The number of hydrogen-bond donors (Lipinski definition) is 0. The van der Waals surface area contributed by atoms with Crippen LogP contribution in [0, 0.1) is 0 Å². The second kappa shape index (κ2) is 8.11. The van der Waals surface area contributed by atoms with E-state index in [0.29, 0.717) is 0 Å². The summed E-state index contributed by atoms with van der Waals surface area (Å²) in [5.41, 5.74) is 0. The van der Waals surface area contributed by atoms with Crippen LogP contribution in [-0.2, 0) is 0 Å². The van der Waals surface area contributed by atoms with Crippen molar-refractivity contribution in [2.45, 2.75) is 26.2 Å². The van der Waals surface area contributed by atoms with E-state index in [1.807, 2.05) is 0 Å². The van der Waals surface area contributed by atoms with Crippen molar-refractivity contribution in [3.63, 3.8) is 0 Å². The van der Waals surface area contributed by atoms with Crippen molar-refractivity contribution in [3.05, 3.63) is 4.65 Å². The maximum atomic E-state index is 5.33. The maximum Gasteiger partial charge on any atom is 1.00 e. The van der Waals surface area contributed by atoms with Gasteiger partial charge in [0.05, 0.1) is 0 Å². The molecule has 0 fully saturated rings. The number of nitrogens with zero attached hydrogens (tertiary/aromatic N) is 1. The van der Waals surface area contributed by atoms with Gasteiger partial charge < -0.3 is 4.65 Å². The number of rotatable bonds is 6. The Labute approximate surface area is 120 Å². The molecule has 0 aliphatic heterocycles. The molecule has 0 amide bonds. The van der Waals surface area contributed by atoms with Crippen LogP contribution in [0.1, 0.15) is 0 Å². The van der Waals surface area contributed by atoms with E-state index < -0.39 is 16.5 Å². The zero-order valence-corrected chi connectivity index (χ0v) is 16.5. The molecule has 0 unspecified atom stereocenters. The molecule has 0 spiro atoms. The van der Waals surface area contributed by atoms with E-state index >= 15 is 0 Å². The molecule has 0 aliphatic rings. The van der Waals surface area contributed by atoms with Crippen molar-refractivity contribution in [1.29, 1.82) is 0 Å². The fourth-order valence-corrected chi connectivity index (χ4v) is 23.2. The van der Waals surface area contributed by atoms with Crippen LogP contribution in [0.3, 0.4) is 0 Å². The van der Waals surface area contributed by atoms with E-state index in [0.717, 1.165) is 0 Å². The van der Waals surface area contributed by atoms with Crippen LogP contribution in [0.2, 0.25) is 26.2 Å². The van der Waals surface area contributed by atoms with Gasteiger partial charge in [-0.05, 0) is 26.7 Å². The van der Waals surface area contributed by atoms with Gasteiger partial charge >= 0.3 is 18.9 Å². The minimum absolute atomic E-state index is 0. The van der Waals surface area contributed by atoms with Gasteiger partial charge in [-0.3, -0.25) is 0 Å². The van der Waals surface area contributed by atoms with Gasteiger partial charge in [-0.15, -0.1) is 15.8 Å². The SMILES string of the molecule is CP(C)C[Si](C)(C)[N-][Si](C)(C)CP(C)C.[Li+]. The van der Waals surface area contributed by atoms with E-state index in [1.54, 1.807) is 0 Å². The fraction of sp³-hybridized carbons (Fsp3) is 1.00. The van der Waals surface area contributed by atoms with Crippen LogP contribution in [0.4, 0.5) is 0 Å². The molecule has 6 heteroatoms. The van der Waals surface area contributed by atoms with Crippen molar-refractivity contribution >= 4 is 32.3 Å². The molecular weight excluding hydrogens is 259 g/mol. The molecule has 0 bridgehead atoms. The molecule has 0 radical (unpaired) electrons. The van der Waals surface area contributed by atoms with Gasteiger partial charge in [0.2, 0.25) is 0 Å². The molecule has 1 nitrogen and oxygen atoms in total. The predicted octanol–water partition coefficient (Wildman–Crippen LogP) is 1.34. The normalized spacial score (nSPS) is 13.1. The first kappa shape index (κ1) is 20.2. The molecule has 0 saturated carbocycles. The zero-order valence-electron chi connectivity index (χ0n) is 12.8. The van der Waals surface area contributed by atoms with E-state index in [9.17, 15) is 0 Å². The first-order valence-electron chi connectivity index (χ1n) is 5.58. The minimum atomic E-state index is -1.24. The van der Waals surface area contributed by atoms with Gasteiger partial charge in [0.1, 0.15) is 0 Å². The van der Waals surface area contributed by atoms with Gasteiger partial charge in [0.15, 0.2) is 0 Å². The molecular formula is C10H28LiNP2Si2. The smallest absolute Gasteiger partial charge is 0.667 e. The molecule has 0 saturated heterocycles. The summed E-state index contributed by atoms with van der Waals surface area (Å²) in [5.74, 6) is 2.84. The van der Waals surface area contributed by atoms with Gasteiger partial charge in [0, 0.05) is 0 Å². The summed E-state index contributed by atoms with van der Waals surface area (Å²) >= 11 is 0. The summed E-state index contributed by atoms with van der Waals surface area (Å²) in [4.78, 5) is 0. The van der Waals surface area contributed by atoms with E-state index in [4.69, 9.17) is 4.65 Å². The van der Waals surface area contributed by atoms with Gasteiger partial charge in [-0.25, -0.2) is 0 Å². The molecule has 0 N–H and O–H groups in total. The van der Waals surface area contributed by atoms with Crippen LogP contribution in [0.15, 0.2) is 0 Å². The maximum absolute atomic E-state index is 5.33. The average molecular weight is 287 g/mol. The largest absolute Gasteiger partial charge is 1.00 e. The Bertz CT molecular complexity index is 179. The molecule has 92 valence electrons. The Hall–Kier alpha value is 1.85. The minimum Gasteiger partial charge on any atom is -0.667 e. The Morgan fingerprint density at radius 1 is 0.750 bits per heavy atom. The summed E-state index contributed by atoms with van der Waals surface area (Å²) in [6.45, 7) is 19.4. The first-order valence-corrected chi connectivity index (χ1v) is 16.7. The fourth-order valence-electron chi connectivity index (χ4n) is 2.44. The van der Waals surface area contributed by atoms with Crippen molar-refractivity contribution in [2.75, 3.05) is 38.2 Å². The summed E-state index contributed by atoms with van der Waals surface area (Å²) < 4.78 is 5.33. The zero-order chi connectivity index (χ0) is 12.3. The van der Waals surface area contributed by atoms with Crippen LogP contribution in [-0.4, -0.2) is 54.7 Å². The van der Waals surface area contributed by atoms with Crippen LogP contribution in [0.25, 0.3) is 4.65 Å². The topological polar surface area (TPSA) is 14.1 Å². The van der Waals surface area contributed by atoms with Crippen molar-refractivity contribution in [1.82, 2.24) is 0 Å². The van der Waals surface area contributed by atoms with E-state index in [1.165, 1.54) is 11.6 Å². The second-order valence-electron chi connectivity index (χ2n) is 6.21. The first-order chi connectivity index (χ1) is 6.54. The Morgan fingerprint density at radius 3 is 1.19 bits per heavy atom. The molecule has 0 atom stereocenters. The Kier molecular flexibility index (Phi) is 10.2. The van der Waals surface area contributed by atoms with Crippen molar-refractivity contribution < 1.29 is 18.9 Å².